The van der Waals surface area contributed by atoms with Crippen molar-refractivity contribution in [3.05, 3.63) is 71.1 Å². The zero-order valence-corrected chi connectivity index (χ0v) is 23.1. The molecule has 0 radical (unpaired) electrons. The first-order valence-corrected chi connectivity index (χ1v) is 14.3. The molecule has 0 saturated carbocycles. The Balaban J connectivity index is 1.28. The molecule has 2 aliphatic heterocycles. The maximum absolute atomic E-state index is 13.4. The Kier molecular flexibility index (Phi) is 7.78. The van der Waals surface area contributed by atoms with Gasteiger partial charge in [0.05, 0.1) is 36.6 Å². The zero-order chi connectivity index (χ0) is 27.5. The van der Waals surface area contributed by atoms with E-state index in [0.717, 1.165) is 29.7 Å². The fourth-order valence-corrected chi connectivity index (χ4v) is 6.06. The van der Waals surface area contributed by atoms with Crippen LogP contribution < -0.4 is 15.1 Å². The molecule has 40 heavy (non-hydrogen) atoms. The molecule has 2 aromatic carbocycles. The number of aliphatic hydroxyl groups is 1. The number of benzene rings is 2. The SMILES string of the molecule is COc1cc(Nc2nc(N3OCC[C@H]3c3ccccc3)c3sccc3n2)cc(C(=O)N2CCN(CCO)CC2)c1. The van der Waals surface area contributed by atoms with Crippen molar-refractivity contribution in [2.45, 2.75) is 12.5 Å². The van der Waals surface area contributed by atoms with E-state index in [1.54, 1.807) is 24.5 Å². The minimum Gasteiger partial charge on any atom is -0.497 e. The number of hydroxylamine groups is 1. The summed E-state index contributed by atoms with van der Waals surface area (Å²) in [6.07, 6.45) is 0.860. The number of nitrogens with zero attached hydrogens (tertiary/aromatic N) is 5. The number of thiophene rings is 1. The predicted octanol–water partition coefficient (Wildman–Crippen LogP) is 4.08. The number of carbonyl (C=O) groups is 1. The fraction of sp³-hybridized carbons (Fsp3) is 0.345. The van der Waals surface area contributed by atoms with Crippen LogP contribution in [0, 0.1) is 0 Å². The summed E-state index contributed by atoms with van der Waals surface area (Å²) >= 11 is 1.58. The molecular formula is C29H32N6O4S. The Bertz CT molecular complexity index is 1470. The lowest BCUT2D eigenvalue weighted by molar-refractivity contribution is 0.0614. The average molecular weight is 561 g/mol. The number of aromatic nitrogens is 2. The molecule has 2 N–H and O–H groups in total. The molecule has 10 nitrogen and oxygen atoms in total. The third-order valence-corrected chi connectivity index (χ3v) is 8.20. The van der Waals surface area contributed by atoms with Gasteiger partial charge in [0.1, 0.15) is 5.75 Å². The summed E-state index contributed by atoms with van der Waals surface area (Å²) in [6, 6.07) is 17.7. The number of β-amino-alcohol motifs (C(OH)–C–C–N with tert-alkyl or cyclic N) is 1. The van der Waals surface area contributed by atoms with E-state index in [2.05, 4.69) is 22.3 Å². The molecule has 4 heterocycles. The van der Waals surface area contributed by atoms with Gasteiger partial charge in [-0.15, -0.1) is 11.3 Å². The monoisotopic (exact) mass is 560 g/mol. The molecule has 1 amide bonds. The van der Waals surface area contributed by atoms with Crippen LogP contribution in [0.3, 0.4) is 0 Å². The molecule has 2 aromatic heterocycles. The molecule has 0 bridgehead atoms. The predicted molar refractivity (Wildman–Crippen MR) is 155 cm³/mol. The maximum atomic E-state index is 13.4. The molecule has 1 atom stereocenters. The van der Waals surface area contributed by atoms with Gasteiger partial charge in [-0.05, 0) is 29.1 Å². The Morgan fingerprint density at radius 3 is 2.73 bits per heavy atom. The Labute approximate surface area is 236 Å². The summed E-state index contributed by atoms with van der Waals surface area (Å²) in [5.74, 6) is 1.63. The molecule has 2 aliphatic rings. The van der Waals surface area contributed by atoms with Gasteiger partial charge in [0.25, 0.3) is 5.91 Å². The smallest absolute Gasteiger partial charge is 0.254 e. The Morgan fingerprint density at radius 1 is 1.12 bits per heavy atom. The zero-order valence-electron chi connectivity index (χ0n) is 22.3. The third kappa shape index (κ3) is 5.46. The number of anilines is 3. The number of ether oxygens (including phenoxy) is 1. The van der Waals surface area contributed by atoms with Crippen molar-refractivity contribution in [2.24, 2.45) is 0 Å². The van der Waals surface area contributed by atoms with Gasteiger partial charge in [-0.25, -0.2) is 10.0 Å². The highest BCUT2D eigenvalue weighted by Crippen LogP contribution is 2.39. The van der Waals surface area contributed by atoms with E-state index in [1.165, 1.54) is 5.56 Å². The second-order valence-electron chi connectivity index (χ2n) is 9.81. The van der Waals surface area contributed by atoms with Crippen LogP contribution in [-0.2, 0) is 4.84 Å². The summed E-state index contributed by atoms with van der Waals surface area (Å²) in [7, 11) is 1.58. The molecule has 4 aromatic rings. The van der Waals surface area contributed by atoms with Crippen LogP contribution in [-0.4, -0.2) is 83.8 Å². The largest absolute Gasteiger partial charge is 0.497 e. The van der Waals surface area contributed by atoms with E-state index in [0.29, 0.717) is 55.0 Å². The van der Waals surface area contributed by atoms with Gasteiger partial charge in [-0.1, -0.05) is 30.3 Å². The van der Waals surface area contributed by atoms with Crippen molar-refractivity contribution in [3.63, 3.8) is 0 Å². The minimum absolute atomic E-state index is 0.0492. The van der Waals surface area contributed by atoms with Gasteiger partial charge in [0.2, 0.25) is 5.95 Å². The highest BCUT2D eigenvalue weighted by molar-refractivity contribution is 7.17. The molecule has 6 rings (SSSR count). The van der Waals surface area contributed by atoms with Crippen LogP contribution in [0.2, 0.25) is 0 Å². The lowest BCUT2D eigenvalue weighted by Crippen LogP contribution is -2.49. The van der Waals surface area contributed by atoms with Crippen molar-refractivity contribution in [1.29, 1.82) is 0 Å². The number of rotatable bonds is 8. The van der Waals surface area contributed by atoms with Gasteiger partial charge in [0.15, 0.2) is 5.82 Å². The highest BCUT2D eigenvalue weighted by Gasteiger charge is 2.31. The molecular weight excluding hydrogens is 528 g/mol. The van der Waals surface area contributed by atoms with E-state index in [4.69, 9.17) is 19.5 Å². The first-order chi connectivity index (χ1) is 19.6. The van der Waals surface area contributed by atoms with E-state index >= 15 is 0 Å². The standard InChI is InChI=1S/C29H32N6O4S/c1-38-23-18-21(28(37)34-11-9-33(10-12-34)13-14-36)17-22(19-23)30-29-31-24-8-16-40-26(24)27(32-29)35-25(7-15-39-35)20-5-3-2-4-6-20/h2-6,8,16-19,25,36H,7,9-15H2,1H3,(H,30,31,32)/t25-/m0/s1. The number of fused-ring (bicyclic) bond motifs is 1. The third-order valence-electron chi connectivity index (χ3n) is 7.30. The van der Waals surface area contributed by atoms with E-state index in [-0.39, 0.29) is 18.6 Å². The maximum Gasteiger partial charge on any atom is 0.254 e. The van der Waals surface area contributed by atoms with Gasteiger partial charge in [0, 0.05) is 56.5 Å². The molecule has 2 saturated heterocycles. The second kappa shape index (κ2) is 11.8. The van der Waals surface area contributed by atoms with Crippen molar-refractivity contribution >= 4 is 44.9 Å². The van der Waals surface area contributed by atoms with Crippen LogP contribution >= 0.6 is 11.3 Å². The second-order valence-corrected chi connectivity index (χ2v) is 10.7. The van der Waals surface area contributed by atoms with Crippen molar-refractivity contribution in [2.75, 3.05) is 63.4 Å². The summed E-state index contributed by atoms with van der Waals surface area (Å²) in [5, 5.41) is 16.4. The lowest BCUT2D eigenvalue weighted by atomic mass is 10.0. The quantitative estimate of drug-likeness (QED) is 0.330. The molecule has 2 fully saturated rings. The van der Waals surface area contributed by atoms with Crippen LogP contribution in [0.15, 0.2) is 60.0 Å². The van der Waals surface area contributed by atoms with Crippen LogP contribution in [0.1, 0.15) is 28.4 Å². The number of piperazine rings is 1. The van der Waals surface area contributed by atoms with Gasteiger partial charge >= 0.3 is 0 Å². The summed E-state index contributed by atoms with van der Waals surface area (Å²) in [6.45, 7) is 4.05. The minimum atomic E-state index is -0.0586. The average Bonchev–Trinajstić information content (AvgIpc) is 3.67. The summed E-state index contributed by atoms with van der Waals surface area (Å²) < 4.78 is 6.49. The number of nitrogens with one attached hydrogen (secondary N) is 1. The number of amides is 1. The number of hydrogen-bond acceptors (Lipinski definition) is 10. The highest BCUT2D eigenvalue weighted by atomic mass is 32.1. The van der Waals surface area contributed by atoms with Gasteiger partial charge in [-0.2, -0.15) is 4.98 Å². The summed E-state index contributed by atoms with van der Waals surface area (Å²) in [5.41, 5.74) is 3.18. The summed E-state index contributed by atoms with van der Waals surface area (Å²) in [4.78, 5) is 33.1. The first-order valence-electron chi connectivity index (χ1n) is 13.4. The fourth-order valence-electron chi connectivity index (χ4n) is 5.25. The molecule has 208 valence electrons. The normalized spacial score (nSPS) is 17.9. The lowest BCUT2D eigenvalue weighted by Gasteiger charge is -2.34. The van der Waals surface area contributed by atoms with Gasteiger partial charge < -0.3 is 20.1 Å². The molecule has 11 heteroatoms. The van der Waals surface area contributed by atoms with Crippen molar-refractivity contribution in [3.8, 4) is 5.75 Å². The number of hydrogen-bond donors (Lipinski definition) is 2. The topological polar surface area (TPSA) is 103 Å². The first kappa shape index (κ1) is 26.5. The van der Waals surface area contributed by atoms with Crippen LogP contribution in [0.4, 0.5) is 17.5 Å². The molecule has 0 aliphatic carbocycles. The van der Waals surface area contributed by atoms with Crippen LogP contribution in [0.5, 0.6) is 5.75 Å². The van der Waals surface area contributed by atoms with Gasteiger partial charge in [-0.3, -0.25) is 14.5 Å². The Hall–Kier alpha value is -3.77. The van der Waals surface area contributed by atoms with E-state index in [9.17, 15) is 9.90 Å². The van der Waals surface area contributed by atoms with E-state index < -0.39 is 0 Å². The molecule has 0 unspecified atom stereocenters. The van der Waals surface area contributed by atoms with Crippen LogP contribution in [0.25, 0.3) is 10.2 Å². The number of methoxy groups -OCH3 is 1. The Morgan fingerprint density at radius 2 is 1.95 bits per heavy atom. The van der Waals surface area contributed by atoms with E-state index in [1.807, 2.05) is 51.7 Å². The number of aliphatic hydroxyl groups excluding tert-OH is 1. The molecule has 0 spiro atoms. The number of carbonyl (C=O) groups excluding carboxylic acids is 1. The van der Waals surface area contributed by atoms with Crippen molar-refractivity contribution < 1.29 is 19.5 Å². The van der Waals surface area contributed by atoms with Crippen molar-refractivity contribution in [1.82, 2.24) is 19.8 Å².